The number of likely N-dealkylation sites (N-methyl/N-ethyl adjacent to an activating group) is 1. The Morgan fingerprint density at radius 1 is 0.828 bits per heavy atom. The van der Waals surface area contributed by atoms with Crippen LogP contribution in [-0.2, 0) is 0 Å². The molecule has 1 aliphatic carbocycles. The monoisotopic (exact) mass is 392 g/mol. The van der Waals surface area contributed by atoms with Gasteiger partial charge in [0.25, 0.3) is 0 Å². The first-order valence-electron chi connectivity index (χ1n) is 10.6. The third kappa shape index (κ3) is 4.60. The summed E-state index contributed by atoms with van der Waals surface area (Å²) in [6, 6.07) is 11.9. The summed E-state index contributed by atoms with van der Waals surface area (Å²) >= 11 is 0. The molecule has 152 valence electrons. The lowest BCUT2D eigenvalue weighted by molar-refractivity contribution is 0.134. The highest BCUT2D eigenvalue weighted by Crippen LogP contribution is 2.30. The van der Waals surface area contributed by atoms with Crippen LogP contribution in [0, 0.1) is 5.92 Å². The lowest BCUT2D eigenvalue weighted by Crippen LogP contribution is -2.45. The molecule has 2 fully saturated rings. The van der Waals surface area contributed by atoms with E-state index in [0.29, 0.717) is 6.61 Å². The van der Waals surface area contributed by atoms with E-state index >= 15 is 0 Å². The maximum absolute atomic E-state index is 5.99. The number of nitrogens with zero attached hydrogens (tertiary/aromatic N) is 4. The molecule has 0 amide bonds. The average molecular weight is 393 g/mol. The van der Waals surface area contributed by atoms with Crippen molar-refractivity contribution in [2.45, 2.75) is 12.8 Å². The topological polar surface area (TPSA) is 50.7 Å². The molecule has 0 bridgehead atoms. The second kappa shape index (κ2) is 8.13. The minimum Gasteiger partial charge on any atom is -0.493 e. The summed E-state index contributed by atoms with van der Waals surface area (Å²) in [6.07, 6.45) is 2.58. The Balaban J connectivity index is 1.25. The van der Waals surface area contributed by atoms with E-state index in [1.165, 1.54) is 12.8 Å². The Morgan fingerprint density at radius 2 is 1.45 bits per heavy atom. The molecule has 0 radical (unpaired) electrons. The molecule has 2 aliphatic rings. The molecule has 2 aromatic carbocycles. The number of rotatable bonds is 7. The highest BCUT2D eigenvalue weighted by Gasteiger charge is 2.22. The maximum atomic E-state index is 5.99. The first-order chi connectivity index (χ1) is 14.2. The molecule has 1 aromatic heterocycles. The number of ether oxygens (including phenoxy) is 2. The molecular formula is C23H28N4O2. The van der Waals surface area contributed by atoms with E-state index in [0.717, 1.165) is 78.8 Å². The summed E-state index contributed by atoms with van der Waals surface area (Å²) in [6.45, 7) is 6.94. The fourth-order valence-electron chi connectivity index (χ4n) is 3.68. The van der Waals surface area contributed by atoms with E-state index in [1.807, 2.05) is 36.4 Å². The second-order valence-electron chi connectivity index (χ2n) is 8.27. The van der Waals surface area contributed by atoms with E-state index < -0.39 is 0 Å². The van der Waals surface area contributed by atoms with Crippen molar-refractivity contribution in [1.29, 1.82) is 0 Å². The molecule has 0 unspecified atom stereocenters. The number of piperazine rings is 1. The summed E-state index contributed by atoms with van der Waals surface area (Å²) < 4.78 is 11.9. The van der Waals surface area contributed by atoms with Crippen LogP contribution < -0.4 is 9.47 Å². The van der Waals surface area contributed by atoms with E-state index in [-0.39, 0.29) is 0 Å². The van der Waals surface area contributed by atoms with Gasteiger partial charge in [-0.15, -0.1) is 0 Å². The summed E-state index contributed by atoms with van der Waals surface area (Å²) in [5.74, 6) is 2.47. The number of fused-ring (bicyclic) bond motifs is 2. The highest BCUT2D eigenvalue weighted by molar-refractivity contribution is 5.87. The van der Waals surface area contributed by atoms with Crippen molar-refractivity contribution in [3.8, 4) is 11.5 Å². The van der Waals surface area contributed by atoms with Crippen LogP contribution >= 0.6 is 0 Å². The predicted octanol–water partition coefficient (Wildman–Crippen LogP) is 3.20. The fourth-order valence-corrected chi connectivity index (χ4v) is 3.68. The highest BCUT2D eigenvalue weighted by atomic mass is 16.5. The van der Waals surface area contributed by atoms with Crippen molar-refractivity contribution in [3.63, 3.8) is 0 Å². The van der Waals surface area contributed by atoms with Crippen molar-refractivity contribution in [2.75, 3.05) is 53.0 Å². The van der Waals surface area contributed by atoms with Crippen molar-refractivity contribution in [2.24, 2.45) is 5.92 Å². The van der Waals surface area contributed by atoms with Gasteiger partial charge in [-0.05, 0) is 50.1 Å². The minimum absolute atomic E-state index is 0.692. The van der Waals surface area contributed by atoms with Gasteiger partial charge >= 0.3 is 0 Å². The number of benzene rings is 2. The van der Waals surface area contributed by atoms with Gasteiger partial charge in [-0.2, -0.15) is 0 Å². The van der Waals surface area contributed by atoms with Crippen molar-refractivity contribution in [1.82, 2.24) is 19.8 Å². The smallest absolute Gasteiger partial charge is 0.121 e. The molecule has 29 heavy (non-hydrogen) atoms. The van der Waals surface area contributed by atoms with Crippen molar-refractivity contribution < 1.29 is 9.47 Å². The molecule has 3 aromatic rings. The van der Waals surface area contributed by atoms with E-state index in [2.05, 4.69) is 16.8 Å². The van der Waals surface area contributed by atoms with Crippen LogP contribution in [0.5, 0.6) is 11.5 Å². The van der Waals surface area contributed by atoms with E-state index in [1.54, 1.807) is 0 Å². The summed E-state index contributed by atoms with van der Waals surface area (Å²) in [5.41, 5.74) is 3.49. The van der Waals surface area contributed by atoms with Crippen LogP contribution in [0.4, 0.5) is 0 Å². The number of hydrogen-bond donors (Lipinski definition) is 0. The molecule has 0 N–H and O–H groups in total. The fraction of sp³-hybridized carbons (Fsp3) is 0.478. The first kappa shape index (κ1) is 18.6. The molecule has 2 heterocycles. The third-order valence-electron chi connectivity index (χ3n) is 5.83. The van der Waals surface area contributed by atoms with Gasteiger partial charge in [0.1, 0.15) is 18.1 Å². The van der Waals surface area contributed by atoms with Crippen LogP contribution in [0.25, 0.3) is 22.1 Å². The number of aromatic nitrogens is 2. The van der Waals surface area contributed by atoms with Crippen LogP contribution in [0.15, 0.2) is 36.4 Å². The lowest BCUT2D eigenvalue weighted by atomic mass is 10.2. The standard InChI is InChI=1S/C23H28N4O2/c1-26-8-10-27(11-9-26)12-13-28-18-4-6-20-22(14-18)24-21-7-5-19(15-23(21)25-20)29-16-17-2-3-17/h4-7,14-15,17H,2-3,8-13,16H2,1H3. The number of hydrogen-bond acceptors (Lipinski definition) is 6. The molecule has 1 saturated carbocycles. The Morgan fingerprint density at radius 3 is 2.07 bits per heavy atom. The SMILES string of the molecule is CN1CCN(CCOc2ccc3nc4cc(OCC5CC5)ccc4nc3c2)CC1. The van der Waals surface area contributed by atoms with Crippen LogP contribution in [0.3, 0.4) is 0 Å². The van der Waals surface area contributed by atoms with E-state index in [4.69, 9.17) is 19.4 Å². The van der Waals surface area contributed by atoms with Crippen LogP contribution in [0.2, 0.25) is 0 Å². The zero-order valence-corrected chi connectivity index (χ0v) is 17.0. The summed E-state index contributed by atoms with van der Waals surface area (Å²) in [7, 11) is 2.18. The lowest BCUT2D eigenvalue weighted by Gasteiger charge is -2.32. The second-order valence-corrected chi connectivity index (χ2v) is 8.27. The average Bonchev–Trinajstić information content (AvgIpc) is 3.57. The molecule has 1 saturated heterocycles. The molecular weight excluding hydrogens is 364 g/mol. The molecule has 1 aliphatic heterocycles. The van der Waals surface area contributed by atoms with Gasteiger partial charge in [-0.3, -0.25) is 4.90 Å². The maximum Gasteiger partial charge on any atom is 0.121 e. The van der Waals surface area contributed by atoms with Crippen LogP contribution in [0.1, 0.15) is 12.8 Å². The Hall–Kier alpha value is -2.44. The van der Waals surface area contributed by atoms with Gasteiger partial charge in [0.05, 0.1) is 28.7 Å². The summed E-state index contributed by atoms with van der Waals surface area (Å²) in [4.78, 5) is 14.4. The Bertz CT molecular complexity index is 997. The van der Waals surface area contributed by atoms with Gasteiger partial charge in [0.15, 0.2) is 0 Å². The predicted molar refractivity (Wildman–Crippen MR) is 115 cm³/mol. The van der Waals surface area contributed by atoms with E-state index in [9.17, 15) is 0 Å². The van der Waals surface area contributed by atoms with Crippen LogP contribution in [-0.4, -0.2) is 72.8 Å². The van der Waals surface area contributed by atoms with Gasteiger partial charge in [-0.1, -0.05) is 0 Å². The summed E-state index contributed by atoms with van der Waals surface area (Å²) in [5, 5.41) is 0. The van der Waals surface area contributed by atoms with Gasteiger partial charge in [-0.25, -0.2) is 9.97 Å². The Kier molecular flexibility index (Phi) is 5.21. The molecule has 6 heteroatoms. The van der Waals surface area contributed by atoms with Crippen molar-refractivity contribution in [3.05, 3.63) is 36.4 Å². The van der Waals surface area contributed by atoms with Crippen molar-refractivity contribution >= 4 is 22.1 Å². The molecule has 5 rings (SSSR count). The largest absolute Gasteiger partial charge is 0.493 e. The minimum atomic E-state index is 0.692. The third-order valence-corrected chi connectivity index (χ3v) is 5.83. The normalized spacial score (nSPS) is 18.4. The molecule has 0 atom stereocenters. The Labute approximate surface area is 171 Å². The van der Waals surface area contributed by atoms with Gasteiger partial charge < -0.3 is 14.4 Å². The zero-order chi connectivity index (χ0) is 19.6. The van der Waals surface area contributed by atoms with Gasteiger partial charge in [0, 0.05) is 44.9 Å². The van der Waals surface area contributed by atoms with Gasteiger partial charge in [0.2, 0.25) is 0 Å². The first-order valence-corrected chi connectivity index (χ1v) is 10.6. The molecule has 0 spiro atoms. The quantitative estimate of drug-likeness (QED) is 0.576. The molecule has 6 nitrogen and oxygen atoms in total. The zero-order valence-electron chi connectivity index (χ0n) is 17.0.